The van der Waals surface area contributed by atoms with Crippen molar-refractivity contribution in [3.8, 4) is 0 Å². The van der Waals surface area contributed by atoms with E-state index in [1.165, 1.54) is 13.8 Å². The number of ketones is 2. The van der Waals surface area contributed by atoms with Crippen LogP contribution in [0.1, 0.15) is 69.9 Å². The average molecular weight is 866 g/mol. The number of guanidine groups is 1. The summed E-state index contributed by atoms with van der Waals surface area (Å²) in [6, 6.07) is 8.35. The normalized spacial score (nSPS) is 23.0. The van der Waals surface area contributed by atoms with Crippen molar-refractivity contribution in [2.45, 2.75) is 108 Å². The van der Waals surface area contributed by atoms with Crippen molar-refractivity contribution in [1.29, 1.82) is 0 Å². The molecule has 0 unspecified atom stereocenters. The number of rotatable bonds is 12. The Bertz CT molecular complexity index is 2270. The Kier molecular flexibility index (Phi) is 16.8. The van der Waals surface area contributed by atoms with E-state index < -0.39 is 89.7 Å². The molecule has 0 spiro atoms. The molecule has 1 saturated heterocycles. The molecule has 19 nitrogen and oxygen atoms in total. The number of aromatic nitrogens is 1. The van der Waals surface area contributed by atoms with Gasteiger partial charge in [-0.15, -0.1) is 0 Å². The van der Waals surface area contributed by atoms with Gasteiger partial charge in [0.2, 0.25) is 35.4 Å². The van der Waals surface area contributed by atoms with E-state index in [0.717, 1.165) is 10.9 Å². The zero-order valence-electron chi connectivity index (χ0n) is 35.3. The van der Waals surface area contributed by atoms with Gasteiger partial charge in [-0.2, -0.15) is 0 Å². The van der Waals surface area contributed by atoms with Crippen LogP contribution in [0.15, 0.2) is 82.6 Å². The van der Waals surface area contributed by atoms with Gasteiger partial charge in [-0.05, 0) is 43.4 Å². The molecule has 19 heteroatoms. The second kappa shape index (κ2) is 22.6. The number of aromatic amines is 1. The zero-order chi connectivity index (χ0) is 45.5. The van der Waals surface area contributed by atoms with Gasteiger partial charge < -0.3 is 48.4 Å². The lowest BCUT2D eigenvalue weighted by molar-refractivity contribution is -0.136. The lowest BCUT2D eigenvalue weighted by atomic mass is 9.98. The first-order valence-corrected chi connectivity index (χ1v) is 20.8. The molecule has 6 atom stereocenters. The first-order chi connectivity index (χ1) is 30.2. The summed E-state index contributed by atoms with van der Waals surface area (Å²) in [6.45, 7) is 2.50. The molecule has 6 amide bonds. The van der Waals surface area contributed by atoms with E-state index in [2.05, 4.69) is 46.9 Å². The summed E-state index contributed by atoms with van der Waals surface area (Å²) in [6.07, 6.45) is 4.69. The van der Waals surface area contributed by atoms with Crippen LogP contribution in [0.4, 0.5) is 0 Å². The smallest absolute Gasteiger partial charge is 0.243 e. The molecular weight excluding hydrogens is 811 g/mol. The number of H-pyrrole nitrogens is 1. The van der Waals surface area contributed by atoms with Crippen LogP contribution in [-0.4, -0.2) is 107 Å². The Morgan fingerprint density at radius 3 is 2.05 bits per heavy atom. The van der Waals surface area contributed by atoms with Crippen LogP contribution in [0.25, 0.3) is 10.9 Å². The molecule has 0 aliphatic carbocycles. The number of carbonyl (C=O) groups is 8. The van der Waals surface area contributed by atoms with Gasteiger partial charge in [-0.3, -0.25) is 48.3 Å². The van der Waals surface area contributed by atoms with Gasteiger partial charge in [0, 0.05) is 81.0 Å². The number of amides is 6. The number of nitrogens with one attached hydrogen (secondary N) is 7. The summed E-state index contributed by atoms with van der Waals surface area (Å²) >= 11 is 0. The first-order valence-electron chi connectivity index (χ1n) is 20.8. The fraction of sp³-hybridized carbons (Fsp3) is 0.409. The maximum atomic E-state index is 14.4. The largest absolute Gasteiger partial charge is 0.370 e. The van der Waals surface area contributed by atoms with Crippen molar-refractivity contribution < 1.29 is 38.4 Å². The van der Waals surface area contributed by atoms with E-state index in [9.17, 15) is 38.4 Å². The molecule has 3 heterocycles. The first kappa shape index (κ1) is 46.9. The molecule has 1 fully saturated rings. The minimum atomic E-state index is -1.32. The lowest BCUT2D eigenvalue weighted by Crippen LogP contribution is -2.60. The van der Waals surface area contributed by atoms with Crippen LogP contribution in [0, 0.1) is 0 Å². The molecule has 1 aromatic heterocycles. The summed E-state index contributed by atoms with van der Waals surface area (Å²) < 4.78 is 0. The lowest BCUT2D eigenvalue weighted by Gasteiger charge is -2.28. The Labute approximate surface area is 364 Å². The number of para-hydroxylation sites is 1. The monoisotopic (exact) mass is 865 g/mol. The molecule has 2 aliphatic rings. The Morgan fingerprint density at radius 2 is 1.38 bits per heavy atom. The van der Waals surface area contributed by atoms with Crippen molar-refractivity contribution in [2.75, 3.05) is 6.54 Å². The van der Waals surface area contributed by atoms with Gasteiger partial charge in [0.15, 0.2) is 11.7 Å². The standard InChI is InChI=1S/C44H55N11O8/c1-25(56)35-23-30(58)16-17-34(50-26(2)57)40(60)55-38(22-29-12-8-18-47-29)43(63)53-36(20-27-10-4-3-5-11-27)41(61)51-33(15-9-19-48-44(45)46)39(59)54-37(42(62)52-35)21-28-24-49-32-14-7-6-13-31(28)32/h3-7,10-14,18,24,33-38,49H,8-9,15-17,19-23H2,1-2H3,(H,50,57)(H,51,61)(H,52,62)(H,53,63)(H,54,59)(H,55,60)(H4,45,46,48)/t33-,34-,35-,36+,37-,38-/m0/s1. The fourth-order valence-corrected chi connectivity index (χ4v) is 7.33. The highest BCUT2D eigenvalue weighted by Crippen LogP contribution is 2.20. The summed E-state index contributed by atoms with van der Waals surface area (Å²) in [4.78, 5) is 121. The summed E-state index contributed by atoms with van der Waals surface area (Å²) in [5.41, 5.74) is 13.7. The van der Waals surface area contributed by atoms with Crippen LogP contribution in [-0.2, 0) is 51.2 Å². The predicted molar refractivity (Wildman–Crippen MR) is 235 cm³/mol. The summed E-state index contributed by atoms with van der Waals surface area (Å²) in [5.74, 6) is -5.64. The third-order valence-electron chi connectivity index (χ3n) is 10.6. The Balaban J connectivity index is 1.56. The highest BCUT2D eigenvalue weighted by molar-refractivity contribution is 5.99. The van der Waals surface area contributed by atoms with E-state index in [4.69, 9.17) is 11.5 Å². The van der Waals surface area contributed by atoms with E-state index in [1.54, 1.807) is 48.8 Å². The van der Waals surface area contributed by atoms with E-state index in [1.807, 2.05) is 24.3 Å². The molecule has 63 heavy (non-hydrogen) atoms. The van der Waals surface area contributed by atoms with Gasteiger partial charge in [-0.25, -0.2) is 0 Å². The average Bonchev–Trinajstić information content (AvgIpc) is 3.92. The van der Waals surface area contributed by atoms with Gasteiger partial charge in [0.1, 0.15) is 36.0 Å². The number of benzene rings is 2. The summed E-state index contributed by atoms with van der Waals surface area (Å²) in [5, 5.41) is 16.9. The minimum absolute atomic E-state index is 0.0122. The maximum absolute atomic E-state index is 14.4. The molecule has 0 saturated carbocycles. The second-order valence-corrected chi connectivity index (χ2v) is 15.6. The van der Waals surface area contributed by atoms with Gasteiger partial charge in [-0.1, -0.05) is 54.6 Å². The molecule has 0 radical (unpaired) electrons. The number of allylic oxidation sites excluding steroid dienone is 1. The minimum Gasteiger partial charge on any atom is -0.370 e. The number of Topliss-reactive ketones (excluding diaryl/α,β-unsaturated/α-hetero) is 2. The highest BCUT2D eigenvalue weighted by Gasteiger charge is 2.35. The van der Waals surface area contributed by atoms with Crippen molar-refractivity contribution >= 4 is 70.1 Å². The topological polar surface area (TPSA) is 301 Å². The SMILES string of the molecule is CC(=O)N[C@H]1CCC(=O)C[C@@H](C(C)=O)NC(=O)[C@H](Cc2c[nH]c3ccccc23)NC(=O)[C@H](CCCN=C(N)N)NC(=O)[C@@H](Cc2ccccc2)NC(=O)[C@H](CC2=CCC=N2)NC1=O. The maximum Gasteiger partial charge on any atom is 0.243 e. The van der Waals surface area contributed by atoms with E-state index >= 15 is 0 Å². The van der Waals surface area contributed by atoms with Crippen molar-refractivity contribution in [1.82, 2.24) is 36.9 Å². The van der Waals surface area contributed by atoms with Gasteiger partial charge >= 0.3 is 0 Å². The zero-order valence-corrected chi connectivity index (χ0v) is 35.3. The van der Waals surface area contributed by atoms with Gasteiger partial charge in [0.05, 0.1) is 6.04 Å². The van der Waals surface area contributed by atoms with Crippen LogP contribution in [0.5, 0.6) is 0 Å². The molecular formula is C44H55N11O8. The number of nitrogens with two attached hydrogens (primary N) is 2. The summed E-state index contributed by atoms with van der Waals surface area (Å²) in [7, 11) is 0. The van der Waals surface area contributed by atoms with Crippen molar-refractivity contribution in [2.24, 2.45) is 21.5 Å². The number of carbonyl (C=O) groups excluding carboxylic acids is 8. The third kappa shape index (κ3) is 14.2. The Morgan fingerprint density at radius 1 is 0.762 bits per heavy atom. The van der Waals surface area contributed by atoms with Crippen LogP contribution in [0.2, 0.25) is 0 Å². The fourth-order valence-electron chi connectivity index (χ4n) is 7.33. The number of hydrogen-bond donors (Lipinski definition) is 9. The molecule has 0 bridgehead atoms. The molecule has 334 valence electrons. The van der Waals surface area contributed by atoms with Crippen LogP contribution >= 0.6 is 0 Å². The quantitative estimate of drug-likeness (QED) is 0.0668. The van der Waals surface area contributed by atoms with Crippen molar-refractivity contribution in [3.05, 3.63) is 83.7 Å². The van der Waals surface area contributed by atoms with Crippen molar-refractivity contribution in [3.63, 3.8) is 0 Å². The van der Waals surface area contributed by atoms with Crippen LogP contribution < -0.4 is 43.4 Å². The number of fused-ring (bicyclic) bond motifs is 1. The molecule has 3 aromatic rings. The molecule has 2 aliphatic heterocycles. The third-order valence-corrected chi connectivity index (χ3v) is 10.6. The van der Waals surface area contributed by atoms with E-state index in [0.29, 0.717) is 23.2 Å². The number of hydrogen-bond acceptors (Lipinski definition) is 10. The van der Waals surface area contributed by atoms with Gasteiger partial charge in [0.25, 0.3) is 0 Å². The number of nitrogens with zero attached hydrogens (tertiary/aromatic N) is 2. The van der Waals surface area contributed by atoms with E-state index in [-0.39, 0.29) is 57.5 Å². The molecule has 2 aromatic carbocycles. The Hall–Kier alpha value is -7.18. The van der Waals surface area contributed by atoms with Crippen LogP contribution in [0.3, 0.4) is 0 Å². The number of aliphatic imine (C=N–C) groups is 2. The molecule has 11 N–H and O–H groups in total. The highest BCUT2D eigenvalue weighted by atomic mass is 16.2. The second-order valence-electron chi connectivity index (χ2n) is 15.6. The predicted octanol–water partition coefficient (Wildman–Crippen LogP) is 0.0259. The molecule has 5 rings (SSSR count).